The van der Waals surface area contributed by atoms with Crippen LogP contribution in [0.4, 0.5) is 0 Å². The number of carbonyl (C=O) groups excluding carboxylic acids is 2. The number of amides is 1. The topological polar surface area (TPSA) is 64.6 Å². The summed E-state index contributed by atoms with van der Waals surface area (Å²) in [4.78, 5) is 27.5. The summed E-state index contributed by atoms with van der Waals surface area (Å²) in [5.74, 6) is -0.291. The van der Waals surface area contributed by atoms with Gasteiger partial charge in [0.2, 0.25) is 5.91 Å². The van der Waals surface area contributed by atoms with Crippen LogP contribution in [0.5, 0.6) is 0 Å². The first kappa shape index (κ1) is 17.2. The molecule has 0 aromatic heterocycles. The van der Waals surface area contributed by atoms with E-state index >= 15 is 0 Å². The molecule has 0 aliphatic carbocycles. The van der Waals surface area contributed by atoms with Crippen molar-refractivity contribution in [1.82, 2.24) is 5.48 Å². The van der Waals surface area contributed by atoms with E-state index in [0.717, 1.165) is 31.2 Å². The van der Waals surface area contributed by atoms with Gasteiger partial charge in [-0.3, -0.25) is 14.4 Å². The van der Waals surface area contributed by atoms with E-state index < -0.39 is 0 Å². The lowest BCUT2D eigenvalue weighted by Crippen LogP contribution is -2.23. The van der Waals surface area contributed by atoms with E-state index in [-0.39, 0.29) is 11.9 Å². The van der Waals surface area contributed by atoms with Crippen LogP contribution in [0.3, 0.4) is 0 Å². The minimum atomic E-state index is -0.179. The summed E-state index contributed by atoms with van der Waals surface area (Å²) in [6.45, 7) is 0.367. The van der Waals surface area contributed by atoms with Crippen molar-refractivity contribution in [3.63, 3.8) is 0 Å². The van der Waals surface area contributed by atoms with E-state index in [1.165, 1.54) is 7.11 Å². The Kier molecular flexibility index (Phi) is 8.88. The monoisotopic (exact) mass is 293 g/mol. The second kappa shape index (κ2) is 10.9. The predicted octanol–water partition coefficient (Wildman–Crippen LogP) is 2.75. The fourth-order valence-corrected chi connectivity index (χ4v) is 1.84. The normalized spacial score (nSPS) is 10.1. The van der Waals surface area contributed by atoms with E-state index in [4.69, 9.17) is 4.84 Å². The van der Waals surface area contributed by atoms with E-state index in [1.54, 1.807) is 0 Å². The summed E-state index contributed by atoms with van der Waals surface area (Å²) >= 11 is 0. The van der Waals surface area contributed by atoms with Gasteiger partial charge in [-0.2, -0.15) is 0 Å². The molecule has 0 aliphatic rings. The van der Waals surface area contributed by atoms with Gasteiger partial charge in [0.25, 0.3) is 0 Å². The summed E-state index contributed by atoms with van der Waals surface area (Å²) in [7, 11) is 1.39. The number of ether oxygens (including phenoxy) is 1. The molecule has 1 amide bonds. The third kappa shape index (κ3) is 8.81. The van der Waals surface area contributed by atoms with Gasteiger partial charge in [-0.05, 0) is 18.4 Å². The number of unbranched alkanes of at least 4 members (excludes halogenated alkanes) is 3. The van der Waals surface area contributed by atoms with Crippen LogP contribution in [0.15, 0.2) is 30.3 Å². The van der Waals surface area contributed by atoms with E-state index in [9.17, 15) is 9.59 Å². The number of carbonyl (C=O) groups is 2. The van der Waals surface area contributed by atoms with Crippen LogP contribution in [0.2, 0.25) is 0 Å². The lowest BCUT2D eigenvalue weighted by Gasteiger charge is -2.06. The number of hydrogen-bond donors (Lipinski definition) is 1. The molecule has 0 aliphatic heterocycles. The number of esters is 1. The summed E-state index contributed by atoms with van der Waals surface area (Å²) < 4.78 is 4.56. The fraction of sp³-hybridized carbons (Fsp3) is 0.500. The molecule has 0 spiro atoms. The van der Waals surface area contributed by atoms with Crippen LogP contribution in [-0.2, 0) is 25.8 Å². The second-order valence-electron chi connectivity index (χ2n) is 4.79. The molecule has 0 fully saturated rings. The number of hydrogen-bond acceptors (Lipinski definition) is 4. The Morgan fingerprint density at radius 2 is 1.67 bits per heavy atom. The standard InChI is InChI=1S/C16H23NO4/c1-20-16(19)12-8-3-2-7-11-15(18)17-21-13-14-9-5-4-6-10-14/h4-6,9-10H,2-3,7-8,11-13H2,1H3,(H,17,18). The number of rotatable bonds is 10. The van der Waals surface area contributed by atoms with Gasteiger partial charge in [0.1, 0.15) is 0 Å². The van der Waals surface area contributed by atoms with Crippen LogP contribution < -0.4 is 5.48 Å². The zero-order valence-electron chi connectivity index (χ0n) is 12.5. The van der Waals surface area contributed by atoms with Crippen LogP contribution in [-0.4, -0.2) is 19.0 Å². The molecule has 5 heteroatoms. The van der Waals surface area contributed by atoms with Crippen molar-refractivity contribution in [1.29, 1.82) is 0 Å². The molecule has 0 heterocycles. The highest BCUT2D eigenvalue weighted by Crippen LogP contribution is 2.06. The van der Waals surface area contributed by atoms with E-state index in [1.807, 2.05) is 30.3 Å². The minimum Gasteiger partial charge on any atom is -0.469 e. The van der Waals surface area contributed by atoms with Crippen molar-refractivity contribution in [3.05, 3.63) is 35.9 Å². The number of methoxy groups -OCH3 is 1. The molecule has 1 rings (SSSR count). The molecule has 116 valence electrons. The first-order chi connectivity index (χ1) is 10.2. The zero-order chi connectivity index (χ0) is 15.3. The van der Waals surface area contributed by atoms with Gasteiger partial charge in [-0.1, -0.05) is 43.2 Å². The highest BCUT2D eigenvalue weighted by molar-refractivity contribution is 5.74. The minimum absolute atomic E-state index is 0.112. The van der Waals surface area contributed by atoms with Crippen molar-refractivity contribution in [2.45, 2.75) is 45.1 Å². The molecule has 0 atom stereocenters. The molecule has 21 heavy (non-hydrogen) atoms. The average molecular weight is 293 g/mol. The largest absolute Gasteiger partial charge is 0.469 e. The van der Waals surface area contributed by atoms with Crippen LogP contribution in [0.25, 0.3) is 0 Å². The highest BCUT2D eigenvalue weighted by atomic mass is 16.6. The Bertz CT molecular complexity index is 420. The molecular formula is C16H23NO4. The number of nitrogens with one attached hydrogen (secondary N) is 1. The molecule has 0 radical (unpaired) electrons. The fourth-order valence-electron chi connectivity index (χ4n) is 1.84. The van der Waals surface area contributed by atoms with Crippen molar-refractivity contribution in [2.24, 2.45) is 0 Å². The van der Waals surface area contributed by atoms with Gasteiger partial charge < -0.3 is 4.74 Å². The third-order valence-electron chi connectivity index (χ3n) is 3.03. The molecule has 5 nitrogen and oxygen atoms in total. The number of hydroxylamine groups is 1. The predicted molar refractivity (Wildman–Crippen MR) is 79.1 cm³/mol. The Hall–Kier alpha value is -1.88. The Labute approximate surface area is 125 Å². The van der Waals surface area contributed by atoms with Crippen molar-refractivity contribution in [2.75, 3.05) is 7.11 Å². The van der Waals surface area contributed by atoms with Gasteiger partial charge in [-0.15, -0.1) is 0 Å². The average Bonchev–Trinajstić information content (AvgIpc) is 2.51. The van der Waals surface area contributed by atoms with E-state index in [2.05, 4.69) is 10.2 Å². The SMILES string of the molecule is COC(=O)CCCCCCC(=O)NOCc1ccccc1. The van der Waals surface area contributed by atoms with Gasteiger partial charge in [0, 0.05) is 12.8 Å². The molecule has 1 N–H and O–H groups in total. The molecule has 0 unspecified atom stereocenters. The lowest BCUT2D eigenvalue weighted by atomic mass is 10.1. The molecule has 0 bridgehead atoms. The highest BCUT2D eigenvalue weighted by Gasteiger charge is 2.03. The first-order valence-electron chi connectivity index (χ1n) is 7.23. The molecule has 1 aromatic rings. The summed E-state index contributed by atoms with van der Waals surface area (Å²) in [6, 6.07) is 9.66. The first-order valence-corrected chi connectivity index (χ1v) is 7.23. The Morgan fingerprint density at radius 1 is 1.00 bits per heavy atom. The van der Waals surface area contributed by atoms with Crippen molar-refractivity contribution < 1.29 is 19.2 Å². The Balaban J connectivity index is 1.95. The summed E-state index contributed by atoms with van der Waals surface area (Å²) in [5, 5.41) is 0. The zero-order valence-corrected chi connectivity index (χ0v) is 12.5. The molecule has 0 saturated heterocycles. The van der Waals surface area contributed by atoms with Crippen molar-refractivity contribution >= 4 is 11.9 Å². The molecule has 0 saturated carbocycles. The molecular weight excluding hydrogens is 270 g/mol. The maximum Gasteiger partial charge on any atom is 0.305 e. The van der Waals surface area contributed by atoms with E-state index in [0.29, 0.717) is 19.4 Å². The van der Waals surface area contributed by atoms with Crippen LogP contribution in [0, 0.1) is 0 Å². The van der Waals surface area contributed by atoms with Gasteiger partial charge >= 0.3 is 5.97 Å². The Morgan fingerprint density at radius 3 is 2.33 bits per heavy atom. The maximum atomic E-state index is 11.5. The summed E-state index contributed by atoms with van der Waals surface area (Å²) in [5.41, 5.74) is 3.45. The van der Waals surface area contributed by atoms with Crippen LogP contribution >= 0.6 is 0 Å². The maximum absolute atomic E-state index is 11.5. The summed E-state index contributed by atoms with van der Waals surface area (Å²) in [6.07, 6.45) is 4.33. The van der Waals surface area contributed by atoms with Crippen molar-refractivity contribution in [3.8, 4) is 0 Å². The van der Waals surface area contributed by atoms with Gasteiger partial charge in [-0.25, -0.2) is 5.48 Å². The lowest BCUT2D eigenvalue weighted by molar-refractivity contribution is -0.140. The van der Waals surface area contributed by atoms with Gasteiger partial charge in [0.05, 0.1) is 13.7 Å². The second-order valence-corrected chi connectivity index (χ2v) is 4.79. The smallest absolute Gasteiger partial charge is 0.305 e. The quantitative estimate of drug-likeness (QED) is 0.409. The molecule has 1 aromatic carbocycles. The van der Waals surface area contributed by atoms with Crippen LogP contribution in [0.1, 0.15) is 44.1 Å². The third-order valence-corrected chi connectivity index (χ3v) is 3.03. The van der Waals surface area contributed by atoms with Gasteiger partial charge in [0.15, 0.2) is 0 Å². The number of benzene rings is 1.